The molecule has 0 spiro atoms. The Kier molecular flexibility index (Phi) is 5.33. The van der Waals surface area contributed by atoms with Crippen molar-refractivity contribution in [3.8, 4) is 0 Å². The van der Waals surface area contributed by atoms with Gasteiger partial charge in [0.1, 0.15) is 11.6 Å². The molecule has 132 valence electrons. The molecule has 0 bridgehead atoms. The van der Waals surface area contributed by atoms with E-state index in [-0.39, 0.29) is 5.82 Å². The molecule has 0 unspecified atom stereocenters. The zero-order valence-electron chi connectivity index (χ0n) is 14.3. The average molecular weight is 342 g/mol. The van der Waals surface area contributed by atoms with Gasteiger partial charge < -0.3 is 20.9 Å². The second-order valence-corrected chi connectivity index (χ2v) is 5.94. The summed E-state index contributed by atoms with van der Waals surface area (Å²) in [4.78, 5) is 12.9. The Morgan fingerprint density at radius 2 is 1.84 bits per heavy atom. The lowest BCUT2D eigenvalue weighted by atomic mass is 10.2. The Morgan fingerprint density at radius 1 is 1.16 bits per heavy atom. The van der Waals surface area contributed by atoms with Crippen LogP contribution in [0.3, 0.4) is 0 Å². The fourth-order valence-corrected chi connectivity index (χ4v) is 2.86. The summed E-state index contributed by atoms with van der Waals surface area (Å²) in [6, 6.07) is 10.7. The number of nitrogens with zero attached hydrogens (tertiary/aromatic N) is 4. The van der Waals surface area contributed by atoms with Gasteiger partial charge >= 0.3 is 0 Å². The first-order chi connectivity index (χ1) is 12.2. The summed E-state index contributed by atoms with van der Waals surface area (Å²) < 4.78 is 13.1. The minimum Gasteiger partial charge on any atom is -0.370 e. The van der Waals surface area contributed by atoms with Crippen LogP contribution >= 0.6 is 0 Å². The molecule has 6 nitrogen and oxygen atoms in total. The monoisotopic (exact) mass is 342 g/mol. The van der Waals surface area contributed by atoms with Crippen LogP contribution in [0.5, 0.6) is 0 Å². The van der Waals surface area contributed by atoms with E-state index in [0.717, 1.165) is 43.2 Å². The molecular formula is C18H23FN6. The number of hydrogen-bond donors (Lipinski definition) is 2. The molecule has 1 aliphatic heterocycles. The molecule has 7 heteroatoms. The molecule has 0 aliphatic carbocycles. The second kappa shape index (κ2) is 7.83. The van der Waals surface area contributed by atoms with Gasteiger partial charge in [0.15, 0.2) is 5.96 Å². The summed E-state index contributed by atoms with van der Waals surface area (Å²) in [6.07, 6.45) is 1.82. The van der Waals surface area contributed by atoms with Crippen LogP contribution in [0, 0.1) is 5.82 Å². The van der Waals surface area contributed by atoms with Crippen molar-refractivity contribution < 1.29 is 4.39 Å². The van der Waals surface area contributed by atoms with Gasteiger partial charge in [0, 0.05) is 51.7 Å². The van der Waals surface area contributed by atoms with E-state index >= 15 is 0 Å². The van der Waals surface area contributed by atoms with Gasteiger partial charge in [-0.25, -0.2) is 9.37 Å². The highest BCUT2D eigenvalue weighted by molar-refractivity contribution is 5.77. The topological polar surface area (TPSA) is 69.8 Å². The lowest BCUT2D eigenvalue weighted by Gasteiger charge is -2.36. The molecule has 1 aromatic carbocycles. The van der Waals surface area contributed by atoms with E-state index in [9.17, 15) is 4.39 Å². The van der Waals surface area contributed by atoms with Crippen LogP contribution in [-0.4, -0.2) is 44.2 Å². The normalized spacial score (nSPS) is 15.4. The third-order valence-corrected chi connectivity index (χ3v) is 4.32. The van der Waals surface area contributed by atoms with Crippen molar-refractivity contribution in [1.29, 1.82) is 0 Å². The number of guanidine groups is 1. The molecule has 3 N–H and O–H groups in total. The van der Waals surface area contributed by atoms with Crippen molar-refractivity contribution >= 4 is 17.5 Å². The van der Waals surface area contributed by atoms with Crippen molar-refractivity contribution in [3.05, 3.63) is 54.0 Å². The summed E-state index contributed by atoms with van der Waals surface area (Å²) in [6.45, 7) is 4.13. The molecule has 2 aromatic rings. The molecule has 1 aliphatic rings. The van der Waals surface area contributed by atoms with Gasteiger partial charge in [-0.1, -0.05) is 0 Å². The predicted molar refractivity (Wildman–Crippen MR) is 99.4 cm³/mol. The summed E-state index contributed by atoms with van der Waals surface area (Å²) in [5, 5.41) is 3.05. The molecule has 1 aromatic heterocycles. The van der Waals surface area contributed by atoms with Gasteiger partial charge in [-0.15, -0.1) is 0 Å². The predicted octanol–water partition coefficient (Wildman–Crippen LogP) is 1.58. The van der Waals surface area contributed by atoms with Crippen LogP contribution in [0.4, 0.5) is 15.9 Å². The van der Waals surface area contributed by atoms with Crippen LogP contribution in [-0.2, 0) is 6.54 Å². The lowest BCUT2D eigenvalue weighted by Crippen LogP contribution is -2.46. The van der Waals surface area contributed by atoms with Crippen LogP contribution in [0.15, 0.2) is 47.6 Å². The summed E-state index contributed by atoms with van der Waals surface area (Å²) in [7, 11) is 1.65. The van der Waals surface area contributed by atoms with Crippen molar-refractivity contribution in [2.24, 2.45) is 10.7 Å². The summed E-state index contributed by atoms with van der Waals surface area (Å²) in [5.41, 5.74) is 7.83. The third-order valence-electron chi connectivity index (χ3n) is 4.32. The minimum atomic E-state index is -0.203. The maximum atomic E-state index is 13.1. The van der Waals surface area contributed by atoms with Gasteiger partial charge in [-0.2, -0.15) is 0 Å². The highest BCUT2D eigenvalue weighted by atomic mass is 19.1. The number of nitrogens with one attached hydrogen (secondary N) is 1. The summed E-state index contributed by atoms with van der Waals surface area (Å²) >= 11 is 0. The highest BCUT2D eigenvalue weighted by Crippen LogP contribution is 2.20. The molecule has 25 heavy (non-hydrogen) atoms. The highest BCUT2D eigenvalue weighted by Gasteiger charge is 2.18. The minimum absolute atomic E-state index is 0.203. The van der Waals surface area contributed by atoms with E-state index in [0.29, 0.717) is 12.5 Å². The number of aromatic nitrogens is 1. The van der Waals surface area contributed by atoms with E-state index in [1.54, 1.807) is 7.05 Å². The fraction of sp³-hybridized carbons (Fsp3) is 0.333. The van der Waals surface area contributed by atoms with Crippen molar-refractivity contribution in [2.75, 3.05) is 43.0 Å². The number of aliphatic imine (C=N–C) groups is 1. The van der Waals surface area contributed by atoms with Gasteiger partial charge in [0.05, 0.1) is 0 Å². The van der Waals surface area contributed by atoms with Gasteiger partial charge in [-0.05, 0) is 42.0 Å². The first-order valence-electron chi connectivity index (χ1n) is 8.32. The average Bonchev–Trinajstić information content (AvgIpc) is 2.67. The zero-order valence-corrected chi connectivity index (χ0v) is 14.3. The van der Waals surface area contributed by atoms with Crippen molar-refractivity contribution in [2.45, 2.75) is 6.54 Å². The second-order valence-electron chi connectivity index (χ2n) is 5.94. The van der Waals surface area contributed by atoms with E-state index in [1.807, 2.05) is 24.4 Å². The number of nitrogens with two attached hydrogens (primary N) is 1. The van der Waals surface area contributed by atoms with Crippen LogP contribution < -0.4 is 20.9 Å². The maximum absolute atomic E-state index is 13.1. The third kappa shape index (κ3) is 4.37. The number of benzene rings is 1. The first kappa shape index (κ1) is 17.0. The number of anilines is 2. The van der Waals surface area contributed by atoms with Gasteiger partial charge in [-0.3, -0.25) is 4.99 Å². The molecule has 1 fully saturated rings. The molecule has 0 saturated carbocycles. The quantitative estimate of drug-likeness (QED) is 0.652. The Bertz CT molecular complexity index is 723. The van der Waals surface area contributed by atoms with Crippen LogP contribution in [0.2, 0.25) is 0 Å². The number of piperazine rings is 1. The lowest BCUT2D eigenvalue weighted by molar-refractivity contribution is 0.624. The standard InChI is InChI=1S/C18H23FN6/c1-21-18(20)23-13-14-6-7-22-17(12-14)25-10-8-24(9-11-25)16-4-2-15(19)3-5-16/h2-7,12H,8-11,13H2,1H3,(H3,20,21,23). The Balaban J connectivity index is 1.60. The van der Waals surface area contributed by atoms with Gasteiger partial charge in [0.2, 0.25) is 0 Å². The molecule has 3 rings (SSSR count). The Hall–Kier alpha value is -2.83. The fourth-order valence-electron chi connectivity index (χ4n) is 2.86. The van der Waals surface area contributed by atoms with Crippen LogP contribution in [0.1, 0.15) is 5.56 Å². The van der Waals surface area contributed by atoms with E-state index in [1.165, 1.54) is 12.1 Å². The molecule has 0 radical (unpaired) electrons. The molecule has 1 saturated heterocycles. The number of halogens is 1. The molecule has 0 atom stereocenters. The maximum Gasteiger partial charge on any atom is 0.188 e. The molecule has 2 heterocycles. The molecular weight excluding hydrogens is 319 g/mol. The van der Waals surface area contributed by atoms with E-state index < -0.39 is 0 Å². The SMILES string of the molecule is CN=C(N)NCc1ccnc(N2CCN(c3ccc(F)cc3)CC2)c1. The summed E-state index contributed by atoms with van der Waals surface area (Å²) in [5.74, 6) is 1.18. The Morgan fingerprint density at radius 3 is 2.52 bits per heavy atom. The first-order valence-corrected chi connectivity index (χ1v) is 8.32. The van der Waals surface area contributed by atoms with Crippen molar-refractivity contribution in [3.63, 3.8) is 0 Å². The zero-order chi connectivity index (χ0) is 17.6. The molecule has 0 amide bonds. The number of pyridine rings is 1. The number of hydrogen-bond acceptors (Lipinski definition) is 4. The van der Waals surface area contributed by atoms with E-state index in [2.05, 4.69) is 31.2 Å². The smallest absolute Gasteiger partial charge is 0.188 e. The largest absolute Gasteiger partial charge is 0.370 e. The number of rotatable bonds is 4. The van der Waals surface area contributed by atoms with Gasteiger partial charge in [0.25, 0.3) is 0 Å². The van der Waals surface area contributed by atoms with Crippen molar-refractivity contribution in [1.82, 2.24) is 10.3 Å². The van der Waals surface area contributed by atoms with E-state index in [4.69, 9.17) is 5.73 Å². The van der Waals surface area contributed by atoms with Crippen LogP contribution in [0.25, 0.3) is 0 Å². The Labute approximate surface area is 147 Å².